The highest BCUT2D eigenvalue weighted by atomic mass is 16.5. The van der Waals surface area contributed by atoms with E-state index in [4.69, 9.17) is 4.74 Å². The van der Waals surface area contributed by atoms with Gasteiger partial charge in [0.05, 0.1) is 6.61 Å². The van der Waals surface area contributed by atoms with Crippen molar-refractivity contribution in [3.8, 4) is 0 Å². The van der Waals surface area contributed by atoms with Crippen LogP contribution in [0.1, 0.15) is 18.4 Å². The van der Waals surface area contributed by atoms with Crippen LogP contribution >= 0.6 is 0 Å². The second kappa shape index (κ2) is 6.51. The van der Waals surface area contributed by atoms with E-state index in [0.717, 1.165) is 31.6 Å². The van der Waals surface area contributed by atoms with Gasteiger partial charge in [0, 0.05) is 25.7 Å². The molecule has 0 amide bonds. The van der Waals surface area contributed by atoms with Crippen LogP contribution < -0.4 is 5.32 Å². The van der Waals surface area contributed by atoms with Crippen LogP contribution in [0.15, 0.2) is 30.3 Å². The first-order valence-corrected chi connectivity index (χ1v) is 7.50. The number of fused-ring (bicyclic) bond motifs is 1. The highest BCUT2D eigenvalue weighted by molar-refractivity contribution is 5.13. The van der Waals surface area contributed by atoms with Crippen molar-refractivity contribution in [3.05, 3.63) is 35.9 Å². The van der Waals surface area contributed by atoms with E-state index in [0.29, 0.717) is 0 Å². The second-order valence-electron chi connectivity index (χ2n) is 5.70. The third-order valence-electron chi connectivity index (χ3n) is 4.41. The van der Waals surface area contributed by atoms with Crippen LogP contribution in [0.3, 0.4) is 0 Å². The van der Waals surface area contributed by atoms with Gasteiger partial charge in [0.2, 0.25) is 0 Å². The van der Waals surface area contributed by atoms with Crippen molar-refractivity contribution in [2.24, 2.45) is 5.92 Å². The van der Waals surface area contributed by atoms with E-state index in [2.05, 4.69) is 34.5 Å². The van der Waals surface area contributed by atoms with Gasteiger partial charge in [-0.15, -0.1) is 0 Å². The van der Waals surface area contributed by atoms with Gasteiger partial charge in [0.15, 0.2) is 0 Å². The van der Waals surface area contributed by atoms with Crippen LogP contribution in [0, 0.1) is 5.92 Å². The zero-order valence-electron chi connectivity index (χ0n) is 11.6. The molecular formula is C16H24N2O. The molecule has 3 rings (SSSR count). The zero-order valence-corrected chi connectivity index (χ0v) is 11.6. The highest BCUT2D eigenvalue weighted by Crippen LogP contribution is 2.26. The SMILES string of the molecule is c1ccc(COCCCN2CCC3CNCC32)cc1. The maximum absolute atomic E-state index is 5.75. The summed E-state index contributed by atoms with van der Waals surface area (Å²) in [6.07, 6.45) is 2.53. The number of likely N-dealkylation sites (tertiary alicyclic amines) is 1. The minimum Gasteiger partial charge on any atom is -0.377 e. The van der Waals surface area contributed by atoms with Crippen molar-refractivity contribution in [1.82, 2.24) is 10.2 Å². The molecule has 2 unspecified atom stereocenters. The van der Waals surface area contributed by atoms with Crippen LogP contribution in [0.5, 0.6) is 0 Å². The summed E-state index contributed by atoms with van der Waals surface area (Å²) in [6, 6.07) is 11.2. The molecule has 0 saturated carbocycles. The molecule has 2 atom stereocenters. The summed E-state index contributed by atoms with van der Waals surface area (Å²) < 4.78 is 5.75. The molecule has 0 aromatic heterocycles. The minimum atomic E-state index is 0.744. The lowest BCUT2D eigenvalue weighted by atomic mass is 10.1. The van der Waals surface area contributed by atoms with Gasteiger partial charge in [0.1, 0.15) is 0 Å². The lowest BCUT2D eigenvalue weighted by Gasteiger charge is -2.22. The summed E-state index contributed by atoms with van der Waals surface area (Å²) in [5.41, 5.74) is 1.27. The van der Waals surface area contributed by atoms with Gasteiger partial charge in [-0.3, -0.25) is 4.90 Å². The van der Waals surface area contributed by atoms with E-state index >= 15 is 0 Å². The normalized spacial score (nSPS) is 26.7. The van der Waals surface area contributed by atoms with E-state index in [9.17, 15) is 0 Å². The molecular weight excluding hydrogens is 236 g/mol. The molecule has 0 aliphatic carbocycles. The average Bonchev–Trinajstić information content (AvgIpc) is 3.04. The molecule has 0 bridgehead atoms. The molecule has 2 heterocycles. The van der Waals surface area contributed by atoms with Crippen molar-refractivity contribution >= 4 is 0 Å². The molecule has 1 N–H and O–H groups in total. The predicted molar refractivity (Wildman–Crippen MR) is 77.1 cm³/mol. The fourth-order valence-corrected chi connectivity index (χ4v) is 3.35. The van der Waals surface area contributed by atoms with Crippen LogP contribution in [0.4, 0.5) is 0 Å². The number of ether oxygens (including phenoxy) is 1. The van der Waals surface area contributed by atoms with Gasteiger partial charge in [-0.2, -0.15) is 0 Å². The summed E-state index contributed by atoms with van der Waals surface area (Å²) in [5, 5.41) is 3.50. The maximum Gasteiger partial charge on any atom is 0.0716 e. The van der Waals surface area contributed by atoms with Crippen LogP contribution in [0.2, 0.25) is 0 Å². The number of nitrogens with one attached hydrogen (secondary N) is 1. The lowest BCUT2D eigenvalue weighted by Crippen LogP contribution is -2.35. The van der Waals surface area contributed by atoms with Gasteiger partial charge < -0.3 is 10.1 Å². The number of hydrogen-bond acceptors (Lipinski definition) is 3. The van der Waals surface area contributed by atoms with Crippen LogP contribution in [0.25, 0.3) is 0 Å². The van der Waals surface area contributed by atoms with Gasteiger partial charge in [-0.25, -0.2) is 0 Å². The van der Waals surface area contributed by atoms with Crippen molar-refractivity contribution in [2.75, 3.05) is 32.8 Å². The van der Waals surface area contributed by atoms with Crippen molar-refractivity contribution in [2.45, 2.75) is 25.5 Å². The Balaban J connectivity index is 1.31. The summed E-state index contributed by atoms with van der Waals surface area (Å²) in [5.74, 6) is 0.908. The molecule has 2 aliphatic rings. The number of rotatable bonds is 6. The summed E-state index contributed by atoms with van der Waals surface area (Å²) >= 11 is 0. The molecule has 0 spiro atoms. The van der Waals surface area contributed by atoms with Crippen LogP contribution in [-0.2, 0) is 11.3 Å². The maximum atomic E-state index is 5.75. The fraction of sp³-hybridized carbons (Fsp3) is 0.625. The fourth-order valence-electron chi connectivity index (χ4n) is 3.35. The third kappa shape index (κ3) is 3.35. The molecule has 104 valence electrons. The molecule has 2 aliphatic heterocycles. The van der Waals surface area contributed by atoms with Crippen molar-refractivity contribution in [3.63, 3.8) is 0 Å². The Bertz CT molecular complexity index is 382. The minimum absolute atomic E-state index is 0.744. The Morgan fingerprint density at radius 3 is 3.00 bits per heavy atom. The molecule has 3 heteroatoms. The molecule has 1 aromatic carbocycles. The number of nitrogens with zero attached hydrogens (tertiary/aromatic N) is 1. The molecule has 0 radical (unpaired) electrons. The van der Waals surface area contributed by atoms with E-state index in [-0.39, 0.29) is 0 Å². The smallest absolute Gasteiger partial charge is 0.0716 e. The molecule has 2 fully saturated rings. The molecule has 2 saturated heterocycles. The summed E-state index contributed by atoms with van der Waals surface area (Å²) in [6.45, 7) is 6.51. The predicted octanol–water partition coefficient (Wildman–Crippen LogP) is 1.89. The standard InChI is InChI=1S/C16H24N2O/c1-2-5-14(6-3-1)13-19-10-4-8-18-9-7-15-11-17-12-16(15)18/h1-3,5-6,15-17H,4,7-13H2. The van der Waals surface area contributed by atoms with E-state index in [1.165, 1.54) is 38.2 Å². The number of benzene rings is 1. The molecule has 19 heavy (non-hydrogen) atoms. The van der Waals surface area contributed by atoms with Crippen molar-refractivity contribution in [1.29, 1.82) is 0 Å². The van der Waals surface area contributed by atoms with Gasteiger partial charge in [-0.05, 0) is 37.4 Å². The van der Waals surface area contributed by atoms with Gasteiger partial charge in [-0.1, -0.05) is 30.3 Å². The van der Waals surface area contributed by atoms with Crippen molar-refractivity contribution < 1.29 is 4.74 Å². The summed E-state index contributed by atoms with van der Waals surface area (Å²) in [4.78, 5) is 2.65. The number of hydrogen-bond donors (Lipinski definition) is 1. The Hall–Kier alpha value is -0.900. The monoisotopic (exact) mass is 260 g/mol. The Morgan fingerprint density at radius 2 is 2.11 bits per heavy atom. The van der Waals surface area contributed by atoms with E-state index in [1.54, 1.807) is 0 Å². The Kier molecular flexibility index (Phi) is 4.49. The Labute approximate surface area is 115 Å². The zero-order chi connectivity index (χ0) is 12.9. The third-order valence-corrected chi connectivity index (χ3v) is 4.41. The van der Waals surface area contributed by atoms with E-state index < -0.39 is 0 Å². The quantitative estimate of drug-likeness (QED) is 0.791. The first-order valence-electron chi connectivity index (χ1n) is 7.50. The first-order chi connectivity index (χ1) is 9.43. The second-order valence-corrected chi connectivity index (χ2v) is 5.70. The average molecular weight is 260 g/mol. The topological polar surface area (TPSA) is 24.5 Å². The first kappa shape index (κ1) is 13.1. The van der Waals surface area contributed by atoms with Gasteiger partial charge >= 0.3 is 0 Å². The molecule has 3 nitrogen and oxygen atoms in total. The Morgan fingerprint density at radius 1 is 1.21 bits per heavy atom. The highest BCUT2D eigenvalue weighted by Gasteiger charge is 2.36. The van der Waals surface area contributed by atoms with E-state index in [1.807, 2.05) is 6.07 Å². The molecule has 1 aromatic rings. The largest absolute Gasteiger partial charge is 0.377 e. The summed E-state index contributed by atoms with van der Waals surface area (Å²) in [7, 11) is 0. The van der Waals surface area contributed by atoms with Crippen LogP contribution in [-0.4, -0.2) is 43.7 Å². The van der Waals surface area contributed by atoms with Gasteiger partial charge in [0.25, 0.3) is 0 Å². The lowest BCUT2D eigenvalue weighted by molar-refractivity contribution is 0.107.